The Morgan fingerprint density at radius 2 is 1.96 bits per heavy atom. The molecule has 0 radical (unpaired) electrons. The highest BCUT2D eigenvalue weighted by atomic mass is 127. The van der Waals surface area contributed by atoms with Crippen molar-refractivity contribution in [2.75, 3.05) is 25.4 Å². The van der Waals surface area contributed by atoms with Gasteiger partial charge in [-0.25, -0.2) is 18.1 Å². The van der Waals surface area contributed by atoms with Crippen LogP contribution in [0.5, 0.6) is 5.75 Å². The minimum absolute atomic E-state index is 0. The van der Waals surface area contributed by atoms with Crippen LogP contribution in [0.15, 0.2) is 23.2 Å². The Labute approximate surface area is 180 Å². The number of benzene rings is 1. The topological polar surface area (TPSA) is 91.8 Å². The number of aliphatic imine (C=N–C) groups is 1. The van der Waals surface area contributed by atoms with E-state index in [9.17, 15) is 17.2 Å². The van der Waals surface area contributed by atoms with Crippen LogP contribution in [0.4, 0.5) is 8.78 Å². The minimum atomic E-state index is -3.26. The molecule has 0 aromatic heterocycles. The predicted octanol–water partition coefficient (Wildman–Crippen LogP) is 2.55. The Bertz CT molecular complexity index is 708. The fraction of sp³-hybridized carbons (Fsp3) is 0.533. The van der Waals surface area contributed by atoms with Crippen LogP contribution >= 0.6 is 35.6 Å². The van der Waals surface area contributed by atoms with E-state index in [1.165, 1.54) is 18.2 Å². The van der Waals surface area contributed by atoms with Gasteiger partial charge in [-0.05, 0) is 32.0 Å². The summed E-state index contributed by atoms with van der Waals surface area (Å²) in [6.07, 6.45) is 0. The van der Waals surface area contributed by atoms with E-state index in [-0.39, 0.29) is 48.6 Å². The summed E-state index contributed by atoms with van der Waals surface area (Å²) >= 11 is 5.90. The number of ether oxygens (including phenoxy) is 1. The summed E-state index contributed by atoms with van der Waals surface area (Å²) in [6, 6.07) is 4.32. The van der Waals surface area contributed by atoms with Gasteiger partial charge < -0.3 is 15.4 Å². The number of alkyl halides is 2. The van der Waals surface area contributed by atoms with E-state index >= 15 is 0 Å². The Morgan fingerprint density at radius 1 is 1.26 bits per heavy atom. The summed E-state index contributed by atoms with van der Waals surface area (Å²) in [5.41, 5.74) is 0.404. The van der Waals surface area contributed by atoms with Gasteiger partial charge in [-0.2, -0.15) is 8.78 Å². The van der Waals surface area contributed by atoms with Crippen molar-refractivity contribution in [1.82, 2.24) is 15.4 Å². The van der Waals surface area contributed by atoms with E-state index in [4.69, 9.17) is 11.6 Å². The van der Waals surface area contributed by atoms with Gasteiger partial charge in [0.1, 0.15) is 5.75 Å². The maximum atomic E-state index is 12.5. The first kappa shape index (κ1) is 26.1. The molecule has 27 heavy (non-hydrogen) atoms. The molecule has 0 aliphatic heterocycles. The van der Waals surface area contributed by atoms with Gasteiger partial charge in [-0.1, -0.05) is 11.6 Å². The molecule has 0 unspecified atom stereocenters. The lowest BCUT2D eigenvalue weighted by atomic mass is 10.2. The maximum absolute atomic E-state index is 12.5. The van der Waals surface area contributed by atoms with Gasteiger partial charge in [0.05, 0.1) is 12.3 Å². The summed E-state index contributed by atoms with van der Waals surface area (Å²) < 4.78 is 54.6. The van der Waals surface area contributed by atoms with Crippen LogP contribution < -0.4 is 20.1 Å². The van der Waals surface area contributed by atoms with Crippen LogP contribution in [0, 0.1) is 0 Å². The summed E-state index contributed by atoms with van der Waals surface area (Å²) in [7, 11) is -3.26. The smallest absolute Gasteiger partial charge is 0.387 e. The molecule has 1 aromatic rings. The highest BCUT2D eigenvalue weighted by Crippen LogP contribution is 2.25. The van der Waals surface area contributed by atoms with Crippen molar-refractivity contribution in [3.05, 3.63) is 28.8 Å². The highest BCUT2D eigenvalue weighted by molar-refractivity contribution is 14.0. The van der Waals surface area contributed by atoms with Crippen molar-refractivity contribution in [2.24, 2.45) is 4.99 Å². The third-order valence-electron chi connectivity index (χ3n) is 3.11. The average Bonchev–Trinajstić information content (AvgIpc) is 2.58. The van der Waals surface area contributed by atoms with Gasteiger partial charge in [-0.15, -0.1) is 24.0 Å². The number of rotatable bonds is 10. The molecule has 3 N–H and O–H groups in total. The van der Waals surface area contributed by atoms with E-state index in [0.717, 1.165) is 0 Å². The molecular formula is C15H24ClF2IN4O3S. The zero-order valence-corrected chi connectivity index (χ0v) is 18.9. The van der Waals surface area contributed by atoms with Crippen LogP contribution in [0.3, 0.4) is 0 Å². The summed E-state index contributed by atoms with van der Waals surface area (Å²) in [4.78, 5) is 4.28. The first-order chi connectivity index (χ1) is 12.3. The van der Waals surface area contributed by atoms with Crippen molar-refractivity contribution < 1.29 is 21.9 Å². The molecule has 0 bridgehead atoms. The van der Waals surface area contributed by atoms with E-state index in [0.29, 0.717) is 29.6 Å². The molecule has 156 valence electrons. The minimum Gasteiger partial charge on any atom is -0.434 e. The van der Waals surface area contributed by atoms with Crippen LogP contribution in [-0.4, -0.2) is 46.4 Å². The van der Waals surface area contributed by atoms with Gasteiger partial charge in [0.25, 0.3) is 0 Å². The molecule has 0 aliphatic rings. The van der Waals surface area contributed by atoms with Crippen molar-refractivity contribution in [2.45, 2.75) is 27.0 Å². The van der Waals surface area contributed by atoms with Crippen molar-refractivity contribution in [1.29, 1.82) is 0 Å². The maximum Gasteiger partial charge on any atom is 0.387 e. The van der Waals surface area contributed by atoms with Gasteiger partial charge in [0.15, 0.2) is 5.96 Å². The van der Waals surface area contributed by atoms with Crippen LogP contribution in [0.25, 0.3) is 0 Å². The molecule has 1 aromatic carbocycles. The van der Waals surface area contributed by atoms with Gasteiger partial charge in [0, 0.05) is 30.2 Å². The molecule has 0 saturated carbocycles. The second-order valence-corrected chi connectivity index (χ2v) is 7.58. The van der Waals surface area contributed by atoms with Crippen LogP contribution in [0.2, 0.25) is 5.02 Å². The molecule has 0 aliphatic carbocycles. The van der Waals surface area contributed by atoms with Gasteiger partial charge in [-0.3, -0.25) is 0 Å². The Hall–Kier alpha value is -0.920. The van der Waals surface area contributed by atoms with Gasteiger partial charge in [0.2, 0.25) is 10.0 Å². The SMILES string of the molecule is CCNC(=NCc1cc(Cl)ccc1OC(F)F)NCCNS(=O)(=O)CC.I. The first-order valence-electron chi connectivity index (χ1n) is 8.00. The quantitative estimate of drug-likeness (QED) is 0.184. The van der Waals surface area contributed by atoms with E-state index in [1.54, 1.807) is 6.92 Å². The number of guanidine groups is 1. The lowest BCUT2D eigenvalue weighted by Gasteiger charge is -2.13. The number of hydrogen-bond donors (Lipinski definition) is 3. The Balaban J connectivity index is 0.00000676. The number of nitrogens with zero attached hydrogens (tertiary/aromatic N) is 1. The Kier molecular flexibility index (Phi) is 12.8. The molecule has 0 amide bonds. The molecule has 0 spiro atoms. The number of nitrogens with one attached hydrogen (secondary N) is 3. The fourth-order valence-electron chi connectivity index (χ4n) is 1.88. The molecule has 0 heterocycles. The lowest BCUT2D eigenvalue weighted by molar-refractivity contribution is -0.0504. The monoisotopic (exact) mass is 540 g/mol. The summed E-state index contributed by atoms with van der Waals surface area (Å²) in [5, 5.41) is 6.31. The lowest BCUT2D eigenvalue weighted by Crippen LogP contribution is -2.41. The predicted molar refractivity (Wildman–Crippen MR) is 114 cm³/mol. The third kappa shape index (κ3) is 10.9. The van der Waals surface area contributed by atoms with Crippen molar-refractivity contribution in [3.8, 4) is 5.75 Å². The van der Waals surface area contributed by atoms with E-state index in [1.807, 2.05) is 6.92 Å². The normalized spacial score (nSPS) is 11.9. The zero-order valence-electron chi connectivity index (χ0n) is 15.0. The molecule has 1 rings (SSSR count). The van der Waals surface area contributed by atoms with Crippen molar-refractivity contribution in [3.63, 3.8) is 0 Å². The second-order valence-electron chi connectivity index (χ2n) is 5.05. The van der Waals surface area contributed by atoms with Crippen LogP contribution in [-0.2, 0) is 16.6 Å². The molecule has 0 fully saturated rings. The number of hydrogen-bond acceptors (Lipinski definition) is 4. The standard InChI is InChI=1S/C15H23ClF2N4O3S.HI/c1-3-19-15(20-7-8-22-26(23,24)4-2)21-10-11-9-12(16)5-6-13(11)25-14(17)18;/h5-6,9,14,22H,3-4,7-8,10H2,1-2H3,(H2,19,20,21);1H. The van der Waals surface area contributed by atoms with Crippen molar-refractivity contribution >= 4 is 51.6 Å². The fourth-order valence-corrected chi connectivity index (χ4v) is 2.69. The Morgan fingerprint density at radius 3 is 2.56 bits per heavy atom. The molecular weight excluding hydrogens is 517 g/mol. The molecule has 12 heteroatoms. The largest absolute Gasteiger partial charge is 0.434 e. The average molecular weight is 541 g/mol. The summed E-state index contributed by atoms with van der Waals surface area (Å²) in [6.45, 7) is 1.59. The first-order valence-corrected chi connectivity index (χ1v) is 10.0. The second kappa shape index (κ2) is 13.3. The van der Waals surface area contributed by atoms with Crippen LogP contribution in [0.1, 0.15) is 19.4 Å². The molecule has 7 nitrogen and oxygen atoms in total. The molecule has 0 atom stereocenters. The van der Waals surface area contributed by atoms with E-state index in [2.05, 4.69) is 25.1 Å². The number of sulfonamides is 1. The molecule has 0 saturated heterocycles. The van der Waals surface area contributed by atoms with Gasteiger partial charge >= 0.3 is 6.61 Å². The summed E-state index contributed by atoms with van der Waals surface area (Å²) in [5.74, 6) is 0.411. The highest BCUT2D eigenvalue weighted by Gasteiger charge is 2.10. The third-order valence-corrected chi connectivity index (χ3v) is 4.75. The number of halogens is 4. The van der Waals surface area contributed by atoms with E-state index < -0.39 is 16.6 Å². The zero-order chi connectivity index (χ0) is 19.6.